The second kappa shape index (κ2) is 9.76. The number of halogens is 1. The summed E-state index contributed by atoms with van der Waals surface area (Å²) in [6, 6.07) is 11.5. The second-order valence-corrected chi connectivity index (χ2v) is 7.58. The van der Waals surface area contributed by atoms with E-state index in [4.69, 9.17) is 25.8 Å². The van der Waals surface area contributed by atoms with Crippen LogP contribution in [0.2, 0.25) is 5.02 Å². The van der Waals surface area contributed by atoms with Gasteiger partial charge in [0.15, 0.2) is 11.5 Å². The summed E-state index contributed by atoms with van der Waals surface area (Å²) < 4.78 is 16.4. The molecule has 0 aromatic heterocycles. The van der Waals surface area contributed by atoms with Crippen LogP contribution in [0.1, 0.15) is 18.4 Å². The minimum atomic E-state index is -0.000699. The SMILES string of the molecule is COc1ccc(SCCC(=O)NCc2cc(Cl)c3c(c2)OCCCO3)cc1. The summed E-state index contributed by atoms with van der Waals surface area (Å²) >= 11 is 7.92. The molecule has 1 N–H and O–H groups in total. The lowest BCUT2D eigenvalue weighted by Gasteiger charge is -2.12. The van der Waals surface area contributed by atoms with Gasteiger partial charge in [-0.3, -0.25) is 4.79 Å². The lowest BCUT2D eigenvalue weighted by molar-refractivity contribution is -0.120. The van der Waals surface area contributed by atoms with Crippen molar-refractivity contribution in [3.05, 3.63) is 47.0 Å². The van der Waals surface area contributed by atoms with Crippen LogP contribution >= 0.6 is 23.4 Å². The number of carbonyl (C=O) groups is 1. The molecular formula is C20H22ClNO4S. The molecule has 0 spiro atoms. The standard InChI is InChI=1S/C20H22ClNO4S/c1-24-15-3-5-16(6-4-15)27-10-7-19(23)22-13-14-11-17(21)20-18(12-14)25-8-2-9-26-20/h3-6,11-12H,2,7-10,13H2,1H3,(H,22,23). The van der Waals surface area contributed by atoms with Gasteiger partial charge in [-0.2, -0.15) is 0 Å². The molecule has 1 aliphatic heterocycles. The van der Waals surface area contributed by atoms with Gasteiger partial charge in [0.1, 0.15) is 5.75 Å². The molecule has 0 radical (unpaired) electrons. The molecule has 0 saturated heterocycles. The average molecular weight is 408 g/mol. The highest BCUT2D eigenvalue weighted by molar-refractivity contribution is 7.99. The number of amides is 1. The van der Waals surface area contributed by atoms with E-state index < -0.39 is 0 Å². The highest BCUT2D eigenvalue weighted by atomic mass is 35.5. The summed E-state index contributed by atoms with van der Waals surface area (Å²) in [4.78, 5) is 13.2. The van der Waals surface area contributed by atoms with Crippen LogP contribution in [-0.4, -0.2) is 32.0 Å². The van der Waals surface area contributed by atoms with Gasteiger partial charge in [-0.15, -0.1) is 11.8 Å². The van der Waals surface area contributed by atoms with Gasteiger partial charge in [-0.05, 0) is 42.0 Å². The smallest absolute Gasteiger partial charge is 0.221 e. The van der Waals surface area contributed by atoms with Crippen LogP contribution < -0.4 is 19.5 Å². The Labute approximate surface area is 168 Å². The van der Waals surface area contributed by atoms with E-state index in [0.717, 1.165) is 22.6 Å². The normalized spacial score (nSPS) is 13.0. The van der Waals surface area contributed by atoms with Crippen LogP contribution in [0.4, 0.5) is 0 Å². The third-order valence-electron chi connectivity index (χ3n) is 4.01. The van der Waals surface area contributed by atoms with Gasteiger partial charge in [0.2, 0.25) is 5.91 Å². The number of hydrogen-bond donors (Lipinski definition) is 1. The maximum Gasteiger partial charge on any atom is 0.221 e. The van der Waals surface area contributed by atoms with Crippen molar-refractivity contribution < 1.29 is 19.0 Å². The van der Waals surface area contributed by atoms with Crippen molar-refractivity contribution in [1.29, 1.82) is 0 Å². The summed E-state index contributed by atoms with van der Waals surface area (Å²) in [6.45, 7) is 1.60. The van der Waals surface area contributed by atoms with Gasteiger partial charge in [-0.25, -0.2) is 0 Å². The molecule has 0 aliphatic carbocycles. The zero-order chi connectivity index (χ0) is 19.1. The number of fused-ring (bicyclic) bond motifs is 1. The molecule has 1 amide bonds. The van der Waals surface area contributed by atoms with Crippen molar-refractivity contribution in [3.8, 4) is 17.2 Å². The lowest BCUT2D eigenvalue weighted by atomic mass is 10.2. The number of nitrogens with one attached hydrogen (secondary N) is 1. The molecule has 27 heavy (non-hydrogen) atoms. The van der Waals surface area contributed by atoms with E-state index in [1.165, 1.54) is 0 Å². The first-order valence-electron chi connectivity index (χ1n) is 8.77. The van der Waals surface area contributed by atoms with Gasteiger partial charge in [0.25, 0.3) is 0 Å². The van der Waals surface area contributed by atoms with Gasteiger partial charge >= 0.3 is 0 Å². The molecule has 3 rings (SSSR count). The Morgan fingerprint density at radius 2 is 2.00 bits per heavy atom. The minimum Gasteiger partial charge on any atom is -0.497 e. The molecule has 0 saturated carbocycles. The summed E-state index contributed by atoms with van der Waals surface area (Å²) in [7, 11) is 1.64. The third kappa shape index (κ3) is 5.71. The fraction of sp³-hybridized carbons (Fsp3) is 0.350. The molecule has 0 atom stereocenters. The van der Waals surface area contributed by atoms with Crippen molar-refractivity contribution in [2.24, 2.45) is 0 Å². The average Bonchev–Trinajstić information content (AvgIpc) is 2.93. The molecule has 0 fully saturated rings. The van der Waals surface area contributed by atoms with Gasteiger partial charge in [-0.1, -0.05) is 11.6 Å². The van der Waals surface area contributed by atoms with Crippen LogP contribution in [0, 0.1) is 0 Å². The number of methoxy groups -OCH3 is 1. The Balaban J connectivity index is 1.46. The summed E-state index contributed by atoms with van der Waals surface area (Å²) in [5, 5.41) is 3.43. The van der Waals surface area contributed by atoms with E-state index in [1.807, 2.05) is 30.3 Å². The molecule has 1 heterocycles. The van der Waals surface area contributed by atoms with Crippen LogP contribution in [0.3, 0.4) is 0 Å². The predicted octanol–water partition coefficient (Wildman–Crippen LogP) is 4.31. The van der Waals surface area contributed by atoms with Crippen LogP contribution in [0.15, 0.2) is 41.3 Å². The molecule has 144 valence electrons. The van der Waals surface area contributed by atoms with Crippen molar-refractivity contribution >= 4 is 29.3 Å². The van der Waals surface area contributed by atoms with Crippen molar-refractivity contribution in [1.82, 2.24) is 5.32 Å². The van der Waals surface area contributed by atoms with E-state index in [1.54, 1.807) is 24.9 Å². The van der Waals surface area contributed by atoms with Crippen molar-refractivity contribution in [2.45, 2.75) is 24.3 Å². The quantitative estimate of drug-likeness (QED) is 0.693. The third-order valence-corrected chi connectivity index (χ3v) is 5.30. The van der Waals surface area contributed by atoms with E-state index in [0.29, 0.717) is 48.5 Å². The predicted molar refractivity (Wildman–Crippen MR) is 107 cm³/mol. The van der Waals surface area contributed by atoms with Crippen LogP contribution in [-0.2, 0) is 11.3 Å². The molecule has 0 bridgehead atoms. The number of carbonyl (C=O) groups excluding carboxylic acids is 1. The molecule has 2 aromatic rings. The molecule has 2 aromatic carbocycles. The fourth-order valence-corrected chi connectivity index (χ4v) is 3.75. The maximum atomic E-state index is 12.1. The molecule has 5 nitrogen and oxygen atoms in total. The van der Waals surface area contributed by atoms with Crippen molar-refractivity contribution in [2.75, 3.05) is 26.1 Å². The minimum absolute atomic E-state index is 0.000699. The highest BCUT2D eigenvalue weighted by Crippen LogP contribution is 2.37. The fourth-order valence-electron chi connectivity index (χ4n) is 2.61. The molecule has 1 aliphatic rings. The first-order chi connectivity index (χ1) is 13.2. The van der Waals surface area contributed by atoms with Crippen molar-refractivity contribution in [3.63, 3.8) is 0 Å². The molecule has 7 heteroatoms. The Morgan fingerprint density at radius 3 is 2.78 bits per heavy atom. The zero-order valence-corrected chi connectivity index (χ0v) is 16.7. The molecular weight excluding hydrogens is 386 g/mol. The summed E-state index contributed by atoms with van der Waals surface area (Å²) in [5.74, 6) is 2.75. The zero-order valence-electron chi connectivity index (χ0n) is 15.1. The van der Waals surface area contributed by atoms with E-state index >= 15 is 0 Å². The monoisotopic (exact) mass is 407 g/mol. The number of rotatable bonds is 7. The maximum absolute atomic E-state index is 12.1. The number of hydrogen-bond acceptors (Lipinski definition) is 5. The second-order valence-electron chi connectivity index (χ2n) is 6.01. The van der Waals surface area contributed by atoms with Crippen LogP contribution in [0.5, 0.6) is 17.2 Å². The van der Waals surface area contributed by atoms with Crippen LogP contribution in [0.25, 0.3) is 0 Å². The van der Waals surface area contributed by atoms with E-state index in [-0.39, 0.29) is 5.91 Å². The number of benzene rings is 2. The Hall–Kier alpha value is -2.05. The molecule has 0 unspecified atom stereocenters. The van der Waals surface area contributed by atoms with Gasteiger partial charge < -0.3 is 19.5 Å². The Kier molecular flexibility index (Phi) is 7.12. The van der Waals surface area contributed by atoms with E-state index in [2.05, 4.69) is 5.32 Å². The Bertz CT molecular complexity index is 782. The first-order valence-corrected chi connectivity index (χ1v) is 10.1. The van der Waals surface area contributed by atoms with E-state index in [9.17, 15) is 4.79 Å². The van der Waals surface area contributed by atoms with Gasteiger partial charge in [0, 0.05) is 30.0 Å². The first kappa shape index (κ1) is 19.7. The lowest BCUT2D eigenvalue weighted by Crippen LogP contribution is -2.23. The van der Waals surface area contributed by atoms with Gasteiger partial charge in [0.05, 0.1) is 25.3 Å². The largest absolute Gasteiger partial charge is 0.497 e. The highest BCUT2D eigenvalue weighted by Gasteiger charge is 2.15. The Morgan fingerprint density at radius 1 is 1.22 bits per heavy atom. The topological polar surface area (TPSA) is 56.8 Å². The number of thioether (sulfide) groups is 1. The summed E-state index contributed by atoms with van der Waals surface area (Å²) in [6.07, 6.45) is 1.26. The summed E-state index contributed by atoms with van der Waals surface area (Å²) in [5.41, 5.74) is 0.889. The number of ether oxygens (including phenoxy) is 3.